The van der Waals surface area contributed by atoms with Crippen LogP contribution in [0.3, 0.4) is 0 Å². The van der Waals surface area contributed by atoms with Crippen LogP contribution in [-0.4, -0.2) is 17.0 Å². The molecule has 110 valence electrons. The first kappa shape index (κ1) is 16.5. The molecule has 0 fully saturated rings. The quantitative estimate of drug-likeness (QED) is 0.812. The van der Waals surface area contributed by atoms with Crippen LogP contribution < -0.4 is 5.32 Å². The van der Waals surface area contributed by atoms with Crippen molar-refractivity contribution in [3.63, 3.8) is 0 Å². The zero-order valence-electron chi connectivity index (χ0n) is 11.8. The van der Waals surface area contributed by atoms with E-state index >= 15 is 0 Å². The molecule has 1 aromatic rings. The van der Waals surface area contributed by atoms with Crippen molar-refractivity contribution >= 4 is 23.5 Å². The third-order valence-corrected chi connectivity index (χ3v) is 4.11. The van der Waals surface area contributed by atoms with Gasteiger partial charge in [-0.25, -0.2) is 0 Å². The standard InChI is InChI=1S/C15H20ClNO3/c1-3-15(4-2,14(19)20)9-13(18)17-10-11-7-5-6-8-12(11)16/h5-8H,3-4,9-10H2,1-2H3,(H,17,18)(H,19,20). The summed E-state index contributed by atoms with van der Waals surface area (Å²) in [6.45, 7) is 3.89. The van der Waals surface area contributed by atoms with E-state index in [0.717, 1.165) is 5.56 Å². The molecule has 20 heavy (non-hydrogen) atoms. The predicted octanol–water partition coefficient (Wildman–Crippen LogP) is 3.24. The van der Waals surface area contributed by atoms with Gasteiger partial charge in [-0.15, -0.1) is 0 Å². The van der Waals surface area contributed by atoms with Gasteiger partial charge in [0.1, 0.15) is 0 Å². The molecule has 2 N–H and O–H groups in total. The number of rotatable bonds is 7. The highest BCUT2D eigenvalue weighted by Gasteiger charge is 2.36. The van der Waals surface area contributed by atoms with Gasteiger partial charge in [-0.2, -0.15) is 0 Å². The van der Waals surface area contributed by atoms with Crippen molar-refractivity contribution in [2.45, 2.75) is 39.7 Å². The molecular weight excluding hydrogens is 278 g/mol. The normalized spacial score (nSPS) is 11.2. The molecule has 1 amide bonds. The first-order valence-electron chi connectivity index (χ1n) is 6.68. The van der Waals surface area contributed by atoms with Gasteiger partial charge in [0.15, 0.2) is 0 Å². The van der Waals surface area contributed by atoms with E-state index < -0.39 is 11.4 Å². The van der Waals surface area contributed by atoms with Crippen LogP contribution in [0, 0.1) is 5.41 Å². The van der Waals surface area contributed by atoms with Gasteiger partial charge in [0, 0.05) is 18.0 Å². The van der Waals surface area contributed by atoms with Gasteiger partial charge in [-0.1, -0.05) is 43.6 Å². The molecule has 0 radical (unpaired) electrons. The summed E-state index contributed by atoms with van der Waals surface area (Å²) in [5.41, 5.74) is -0.165. The van der Waals surface area contributed by atoms with E-state index in [0.29, 0.717) is 24.4 Å². The number of nitrogens with one attached hydrogen (secondary N) is 1. The molecule has 0 heterocycles. The topological polar surface area (TPSA) is 66.4 Å². The minimum absolute atomic E-state index is 0.0141. The Morgan fingerprint density at radius 2 is 1.85 bits per heavy atom. The Balaban J connectivity index is 2.64. The summed E-state index contributed by atoms with van der Waals surface area (Å²) < 4.78 is 0. The van der Waals surface area contributed by atoms with Crippen molar-refractivity contribution in [3.8, 4) is 0 Å². The van der Waals surface area contributed by atoms with Crippen molar-refractivity contribution in [1.82, 2.24) is 5.32 Å². The van der Waals surface area contributed by atoms with Crippen LogP contribution in [0.1, 0.15) is 38.7 Å². The van der Waals surface area contributed by atoms with Crippen molar-refractivity contribution in [2.24, 2.45) is 5.41 Å². The minimum atomic E-state index is -0.982. The lowest BCUT2D eigenvalue weighted by Crippen LogP contribution is -2.36. The average Bonchev–Trinajstić information content (AvgIpc) is 2.43. The van der Waals surface area contributed by atoms with Crippen LogP contribution in [-0.2, 0) is 16.1 Å². The lowest BCUT2D eigenvalue weighted by atomic mass is 9.79. The highest BCUT2D eigenvalue weighted by molar-refractivity contribution is 6.31. The molecule has 5 heteroatoms. The number of amides is 1. The first-order valence-corrected chi connectivity index (χ1v) is 7.06. The van der Waals surface area contributed by atoms with Crippen LogP contribution in [0.4, 0.5) is 0 Å². The number of benzene rings is 1. The van der Waals surface area contributed by atoms with Gasteiger partial charge in [0.05, 0.1) is 5.41 Å². The van der Waals surface area contributed by atoms with Crippen molar-refractivity contribution in [2.75, 3.05) is 0 Å². The highest BCUT2D eigenvalue weighted by Crippen LogP contribution is 2.30. The van der Waals surface area contributed by atoms with Crippen molar-refractivity contribution in [1.29, 1.82) is 0 Å². The second-order valence-electron chi connectivity index (χ2n) is 4.84. The second kappa shape index (κ2) is 7.29. The van der Waals surface area contributed by atoms with Gasteiger partial charge >= 0.3 is 5.97 Å². The molecule has 0 aliphatic heterocycles. The number of carbonyl (C=O) groups excluding carboxylic acids is 1. The lowest BCUT2D eigenvalue weighted by molar-refractivity contribution is -0.152. The van der Waals surface area contributed by atoms with E-state index in [1.165, 1.54) is 0 Å². The summed E-state index contributed by atoms with van der Waals surface area (Å²) in [7, 11) is 0. The molecule has 4 nitrogen and oxygen atoms in total. The number of hydrogen-bond donors (Lipinski definition) is 2. The highest BCUT2D eigenvalue weighted by atomic mass is 35.5. The number of carboxylic acids is 1. The molecule has 1 rings (SSSR count). The largest absolute Gasteiger partial charge is 0.481 e. The fourth-order valence-corrected chi connectivity index (χ4v) is 2.29. The first-order chi connectivity index (χ1) is 9.45. The Bertz CT molecular complexity index is 484. The second-order valence-corrected chi connectivity index (χ2v) is 5.24. The van der Waals surface area contributed by atoms with E-state index in [1.807, 2.05) is 18.2 Å². The van der Waals surface area contributed by atoms with Gasteiger partial charge < -0.3 is 10.4 Å². The Kier molecular flexibility index (Phi) is 6.02. The summed E-state index contributed by atoms with van der Waals surface area (Å²) in [5.74, 6) is -1.19. The fraction of sp³-hybridized carbons (Fsp3) is 0.467. The summed E-state index contributed by atoms with van der Waals surface area (Å²) in [6, 6.07) is 7.24. The van der Waals surface area contributed by atoms with Crippen LogP contribution in [0.2, 0.25) is 5.02 Å². The Morgan fingerprint density at radius 1 is 1.25 bits per heavy atom. The van der Waals surface area contributed by atoms with Gasteiger partial charge in [0.25, 0.3) is 0 Å². The monoisotopic (exact) mass is 297 g/mol. The smallest absolute Gasteiger partial charge is 0.310 e. The zero-order chi connectivity index (χ0) is 15.2. The molecule has 1 aromatic carbocycles. The van der Waals surface area contributed by atoms with E-state index in [-0.39, 0.29) is 12.3 Å². The van der Waals surface area contributed by atoms with Crippen molar-refractivity contribution < 1.29 is 14.7 Å². The molecule has 0 unspecified atom stereocenters. The number of carbonyl (C=O) groups is 2. The van der Waals surface area contributed by atoms with Crippen LogP contribution in [0.25, 0.3) is 0 Å². The molecule has 0 saturated heterocycles. The third kappa shape index (κ3) is 3.97. The molecular formula is C15H20ClNO3. The molecule has 0 aliphatic carbocycles. The van der Waals surface area contributed by atoms with Crippen LogP contribution in [0.15, 0.2) is 24.3 Å². The Morgan fingerprint density at radius 3 is 2.35 bits per heavy atom. The maximum Gasteiger partial charge on any atom is 0.310 e. The van der Waals surface area contributed by atoms with Gasteiger partial charge in [-0.3, -0.25) is 9.59 Å². The lowest BCUT2D eigenvalue weighted by Gasteiger charge is -2.25. The minimum Gasteiger partial charge on any atom is -0.481 e. The molecule has 0 spiro atoms. The zero-order valence-corrected chi connectivity index (χ0v) is 12.5. The summed E-state index contributed by atoms with van der Waals surface area (Å²) in [6.07, 6.45) is 0.844. The van der Waals surface area contributed by atoms with E-state index in [4.69, 9.17) is 11.6 Å². The predicted molar refractivity (Wildman–Crippen MR) is 78.6 cm³/mol. The fourth-order valence-electron chi connectivity index (χ4n) is 2.08. The van der Waals surface area contributed by atoms with Gasteiger partial charge in [-0.05, 0) is 24.5 Å². The number of hydrogen-bond acceptors (Lipinski definition) is 2. The summed E-state index contributed by atoms with van der Waals surface area (Å²) in [5, 5.41) is 12.6. The Labute approximate surface area is 124 Å². The average molecular weight is 298 g/mol. The molecule has 0 aromatic heterocycles. The van der Waals surface area contributed by atoms with Crippen molar-refractivity contribution in [3.05, 3.63) is 34.9 Å². The van der Waals surface area contributed by atoms with Crippen LogP contribution in [0.5, 0.6) is 0 Å². The SMILES string of the molecule is CCC(CC)(CC(=O)NCc1ccccc1Cl)C(=O)O. The van der Waals surface area contributed by atoms with Crippen LogP contribution >= 0.6 is 11.6 Å². The molecule has 0 saturated carbocycles. The maximum absolute atomic E-state index is 11.9. The molecule has 0 aliphatic rings. The number of halogens is 1. The van der Waals surface area contributed by atoms with E-state index in [2.05, 4.69) is 5.32 Å². The molecule has 0 atom stereocenters. The number of carboxylic acid groups (broad SMARTS) is 1. The van der Waals surface area contributed by atoms with E-state index in [1.54, 1.807) is 19.9 Å². The van der Waals surface area contributed by atoms with E-state index in [9.17, 15) is 14.7 Å². The molecule has 0 bridgehead atoms. The summed E-state index contributed by atoms with van der Waals surface area (Å²) in [4.78, 5) is 23.3. The number of aliphatic carboxylic acids is 1. The summed E-state index contributed by atoms with van der Waals surface area (Å²) >= 11 is 6.00. The van der Waals surface area contributed by atoms with Gasteiger partial charge in [0.2, 0.25) is 5.91 Å². The maximum atomic E-state index is 11.9. The Hall–Kier alpha value is -1.55. The third-order valence-electron chi connectivity index (χ3n) is 3.74.